The fourth-order valence-electron chi connectivity index (χ4n) is 2.16. The second-order valence-corrected chi connectivity index (χ2v) is 5.45. The summed E-state index contributed by atoms with van der Waals surface area (Å²) in [5.74, 6) is 1.35. The average molecular weight is 386 g/mol. The van der Waals surface area contributed by atoms with Gasteiger partial charge in [-0.1, -0.05) is 6.07 Å². The molecule has 28 heavy (non-hydrogen) atoms. The van der Waals surface area contributed by atoms with Crippen molar-refractivity contribution in [3.63, 3.8) is 0 Å². The molecule has 0 bridgehead atoms. The molecule has 0 aliphatic rings. The van der Waals surface area contributed by atoms with E-state index in [0.29, 0.717) is 23.0 Å². The summed E-state index contributed by atoms with van der Waals surface area (Å²) >= 11 is 0. The van der Waals surface area contributed by atoms with Gasteiger partial charge in [0, 0.05) is 6.08 Å². The van der Waals surface area contributed by atoms with Crippen molar-refractivity contribution in [1.82, 2.24) is 10.9 Å². The van der Waals surface area contributed by atoms with Crippen molar-refractivity contribution >= 4 is 17.9 Å². The highest BCUT2D eigenvalue weighted by atomic mass is 16.5. The first-order chi connectivity index (χ1) is 13.5. The van der Waals surface area contributed by atoms with E-state index in [1.165, 1.54) is 13.2 Å². The first-order valence-electron chi connectivity index (χ1n) is 8.31. The molecule has 148 valence electrons. The second-order valence-electron chi connectivity index (χ2n) is 5.45. The summed E-state index contributed by atoms with van der Waals surface area (Å²) in [4.78, 5) is 23.6. The predicted octanol–water partition coefficient (Wildman–Crippen LogP) is 1.95. The Morgan fingerprint density at radius 1 is 0.857 bits per heavy atom. The molecule has 0 heterocycles. The molecule has 2 N–H and O–H groups in total. The summed E-state index contributed by atoms with van der Waals surface area (Å²) in [7, 11) is 4.63. The fourth-order valence-corrected chi connectivity index (χ4v) is 2.16. The highest BCUT2D eigenvalue weighted by molar-refractivity contribution is 5.93. The van der Waals surface area contributed by atoms with E-state index in [1.54, 1.807) is 62.8 Å². The molecule has 0 saturated carbocycles. The number of benzene rings is 2. The Bertz CT molecular complexity index is 833. The maximum absolute atomic E-state index is 11.8. The molecular formula is C20H22N2O6. The molecule has 2 aromatic rings. The Balaban J connectivity index is 1.78. The van der Waals surface area contributed by atoms with Crippen molar-refractivity contribution in [2.24, 2.45) is 0 Å². The second kappa shape index (κ2) is 10.5. The largest absolute Gasteiger partial charge is 0.497 e. The van der Waals surface area contributed by atoms with Crippen LogP contribution in [-0.2, 0) is 9.59 Å². The number of rotatable bonds is 8. The highest BCUT2D eigenvalue weighted by Gasteiger charge is 2.05. The SMILES string of the molecule is COc1ccc(OCC(=O)NNC(=O)C=Cc2ccc(OC)c(OC)c2)cc1. The van der Waals surface area contributed by atoms with E-state index in [-0.39, 0.29) is 6.61 Å². The van der Waals surface area contributed by atoms with Crippen LogP contribution in [0.4, 0.5) is 0 Å². The van der Waals surface area contributed by atoms with Gasteiger partial charge in [-0.25, -0.2) is 0 Å². The number of hydrogen-bond donors (Lipinski definition) is 2. The number of ether oxygens (including phenoxy) is 4. The summed E-state index contributed by atoms with van der Waals surface area (Å²) < 4.78 is 20.7. The van der Waals surface area contributed by atoms with E-state index >= 15 is 0 Å². The van der Waals surface area contributed by atoms with Gasteiger partial charge >= 0.3 is 0 Å². The fraction of sp³-hybridized carbons (Fsp3) is 0.200. The third kappa shape index (κ3) is 6.24. The molecule has 0 aliphatic carbocycles. The normalized spacial score (nSPS) is 10.2. The van der Waals surface area contributed by atoms with Crippen LogP contribution in [0.15, 0.2) is 48.5 Å². The maximum Gasteiger partial charge on any atom is 0.276 e. The molecule has 0 saturated heterocycles. The maximum atomic E-state index is 11.8. The number of nitrogens with one attached hydrogen (secondary N) is 2. The zero-order valence-electron chi connectivity index (χ0n) is 15.9. The molecule has 8 heteroatoms. The molecule has 0 aliphatic heterocycles. The van der Waals surface area contributed by atoms with Crippen LogP contribution in [0.3, 0.4) is 0 Å². The average Bonchev–Trinajstić information content (AvgIpc) is 2.74. The van der Waals surface area contributed by atoms with Crippen LogP contribution in [0.25, 0.3) is 6.08 Å². The highest BCUT2D eigenvalue weighted by Crippen LogP contribution is 2.27. The predicted molar refractivity (Wildman–Crippen MR) is 103 cm³/mol. The molecule has 0 aromatic heterocycles. The first kappa shape index (κ1) is 20.6. The van der Waals surface area contributed by atoms with E-state index in [2.05, 4.69) is 10.9 Å². The van der Waals surface area contributed by atoms with Crippen LogP contribution >= 0.6 is 0 Å². The summed E-state index contributed by atoms with van der Waals surface area (Å²) in [5.41, 5.74) is 5.28. The molecule has 2 amide bonds. The van der Waals surface area contributed by atoms with Crippen LogP contribution in [0, 0.1) is 0 Å². The third-order valence-electron chi connectivity index (χ3n) is 3.59. The number of hydrogen-bond acceptors (Lipinski definition) is 6. The van der Waals surface area contributed by atoms with Crippen LogP contribution in [-0.4, -0.2) is 39.8 Å². The quantitative estimate of drug-likeness (QED) is 0.532. The van der Waals surface area contributed by atoms with Gasteiger partial charge in [0.05, 0.1) is 21.3 Å². The lowest BCUT2D eigenvalue weighted by Crippen LogP contribution is -2.43. The minimum absolute atomic E-state index is 0.244. The van der Waals surface area contributed by atoms with Crippen LogP contribution < -0.4 is 29.8 Å². The van der Waals surface area contributed by atoms with Crippen molar-refractivity contribution in [3.8, 4) is 23.0 Å². The zero-order valence-corrected chi connectivity index (χ0v) is 15.9. The van der Waals surface area contributed by atoms with Crippen molar-refractivity contribution < 1.29 is 28.5 Å². The number of carbonyl (C=O) groups excluding carboxylic acids is 2. The van der Waals surface area contributed by atoms with E-state index in [9.17, 15) is 9.59 Å². The monoisotopic (exact) mass is 386 g/mol. The number of carbonyl (C=O) groups is 2. The Hall–Kier alpha value is -3.68. The molecule has 8 nitrogen and oxygen atoms in total. The lowest BCUT2D eigenvalue weighted by molar-refractivity contribution is -0.128. The van der Waals surface area contributed by atoms with Gasteiger partial charge in [-0.3, -0.25) is 20.4 Å². The van der Waals surface area contributed by atoms with Gasteiger partial charge in [0.1, 0.15) is 11.5 Å². The standard InChI is InChI=1S/C20H22N2O6/c1-25-15-6-8-16(9-7-15)28-13-20(24)22-21-19(23)11-5-14-4-10-17(26-2)18(12-14)27-3/h4-12H,13H2,1-3H3,(H,21,23)(H,22,24). The summed E-state index contributed by atoms with van der Waals surface area (Å²) in [6, 6.07) is 12.0. The van der Waals surface area contributed by atoms with Crippen molar-refractivity contribution in [3.05, 3.63) is 54.1 Å². The van der Waals surface area contributed by atoms with Gasteiger partial charge < -0.3 is 18.9 Å². The van der Waals surface area contributed by atoms with Crippen molar-refractivity contribution in [1.29, 1.82) is 0 Å². The summed E-state index contributed by atoms with van der Waals surface area (Å²) in [6.07, 6.45) is 2.86. The molecule has 2 rings (SSSR count). The molecule has 2 aromatic carbocycles. The number of amides is 2. The smallest absolute Gasteiger partial charge is 0.276 e. The van der Waals surface area contributed by atoms with E-state index in [1.807, 2.05) is 0 Å². The van der Waals surface area contributed by atoms with Crippen LogP contribution in [0.2, 0.25) is 0 Å². The minimum atomic E-state index is -0.497. The van der Waals surface area contributed by atoms with E-state index in [0.717, 1.165) is 5.56 Å². The van der Waals surface area contributed by atoms with Crippen molar-refractivity contribution in [2.45, 2.75) is 0 Å². The number of methoxy groups -OCH3 is 3. The van der Waals surface area contributed by atoms with Gasteiger partial charge in [-0.15, -0.1) is 0 Å². The van der Waals surface area contributed by atoms with Gasteiger partial charge in [0.15, 0.2) is 18.1 Å². The Kier molecular flexibility index (Phi) is 7.71. The number of hydrazine groups is 1. The molecule has 0 radical (unpaired) electrons. The van der Waals surface area contributed by atoms with Crippen LogP contribution in [0.1, 0.15) is 5.56 Å². The first-order valence-corrected chi connectivity index (χ1v) is 8.31. The Labute approximate surface area is 163 Å². The molecule has 0 atom stereocenters. The lowest BCUT2D eigenvalue weighted by Gasteiger charge is -2.08. The van der Waals surface area contributed by atoms with Crippen molar-refractivity contribution in [2.75, 3.05) is 27.9 Å². The Morgan fingerprint density at radius 3 is 2.18 bits per heavy atom. The van der Waals surface area contributed by atoms with Crippen LogP contribution in [0.5, 0.6) is 23.0 Å². The Morgan fingerprint density at radius 2 is 1.54 bits per heavy atom. The topological polar surface area (TPSA) is 95.1 Å². The summed E-state index contributed by atoms with van der Waals surface area (Å²) in [5, 5.41) is 0. The molecular weight excluding hydrogens is 364 g/mol. The van der Waals surface area contributed by atoms with Gasteiger partial charge in [-0.2, -0.15) is 0 Å². The lowest BCUT2D eigenvalue weighted by atomic mass is 10.2. The van der Waals surface area contributed by atoms with E-state index in [4.69, 9.17) is 18.9 Å². The molecule has 0 fully saturated rings. The van der Waals surface area contributed by atoms with Gasteiger partial charge in [-0.05, 0) is 48.0 Å². The minimum Gasteiger partial charge on any atom is -0.497 e. The molecule has 0 unspecified atom stereocenters. The van der Waals surface area contributed by atoms with Gasteiger partial charge in [0.2, 0.25) is 0 Å². The van der Waals surface area contributed by atoms with Gasteiger partial charge in [0.25, 0.3) is 11.8 Å². The molecule has 0 spiro atoms. The third-order valence-corrected chi connectivity index (χ3v) is 3.59. The summed E-state index contributed by atoms with van der Waals surface area (Å²) in [6.45, 7) is -0.244. The van der Waals surface area contributed by atoms with E-state index < -0.39 is 11.8 Å². The zero-order chi connectivity index (χ0) is 20.4.